The molecule has 9 heteroatoms. The Morgan fingerprint density at radius 1 is 1.34 bits per heavy atom. The molecule has 1 aliphatic carbocycles. The number of hydrogen-bond donors (Lipinski definition) is 0. The Kier molecular flexibility index (Phi) is 4.99. The molecule has 1 aromatic carbocycles. The Morgan fingerprint density at radius 3 is 2.69 bits per heavy atom. The highest BCUT2D eigenvalue weighted by Gasteiger charge is 2.56. The highest BCUT2D eigenvalue weighted by Crippen LogP contribution is 2.50. The first-order valence-corrected chi connectivity index (χ1v) is 9.65. The smallest absolute Gasteiger partial charge is 0.251 e. The van der Waals surface area contributed by atoms with E-state index in [9.17, 15) is 18.4 Å². The normalized spacial score (nSPS) is 23.8. The minimum Gasteiger partial charge on any atom is -0.368 e. The Labute approximate surface area is 166 Å². The summed E-state index contributed by atoms with van der Waals surface area (Å²) >= 11 is 0. The van der Waals surface area contributed by atoms with Crippen LogP contribution in [0.5, 0.6) is 0 Å². The lowest BCUT2D eigenvalue weighted by Gasteiger charge is -2.40. The molecule has 2 aromatic rings. The second-order valence-corrected chi connectivity index (χ2v) is 7.94. The summed E-state index contributed by atoms with van der Waals surface area (Å²) in [6.45, 7) is 6.15. The van der Waals surface area contributed by atoms with Gasteiger partial charge >= 0.3 is 0 Å². The average Bonchev–Trinajstić information content (AvgIpc) is 3.05. The van der Waals surface area contributed by atoms with Crippen molar-refractivity contribution in [3.05, 3.63) is 40.8 Å². The van der Waals surface area contributed by atoms with Gasteiger partial charge in [0.15, 0.2) is 5.82 Å². The molecule has 2 atom stereocenters. The molecule has 2 aliphatic rings. The maximum absolute atomic E-state index is 14.5. The number of nitriles is 1. The predicted octanol–water partition coefficient (Wildman–Crippen LogP) is 3.30. The maximum Gasteiger partial charge on any atom is 0.251 e. The van der Waals surface area contributed by atoms with Crippen LogP contribution in [-0.2, 0) is 13.0 Å². The van der Waals surface area contributed by atoms with Gasteiger partial charge in [0.05, 0.1) is 12.2 Å². The molecule has 2 fully saturated rings. The van der Waals surface area contributed by atoms with Gasteiger partial charge in [-0.05, 0) is 31.0 Å². The molecule has 1 saturated heterocycles. The minimum absolute atomic E-state index is 0.0363. The van der Waals surface area contributed by atoms with Crippen molar-refractivity contribution in [1.29, 1.82) is 5.26 Å². The third-order valence-corrected chi connectivity index (χ3v) is 5.70. The average molecular weight is 405 g/mol. The predicted molar refractivity (Wildman–Crippen MR) is 99.0 cm³/mol. The lowest BCUT2D eigenvalue weighted by molar-refractivity contribution is 0.0989. The summed E-state index contributed by atoms with van der Waals surface area (Å²) in [6.07, 6.45) is -0.0372. The quantitative estimate of drug-likeness (QED) is 0.760. The Morgan fingerprint density at radius 2 is 2.10 bits per heavy atom. The number of rotatable bonds is 5. The van der Waals surface area contributed by atoms with Crippen LogP contribution in [0, 0.1) is 30.0 Å². The van der Waals surface area contributed by atoms with Gasteiger partial charge in [-0.25, -0.2) is 13.2 Å². The van der Waals surface area contributed by atoms with Gasteiger partial charge in [0.25, 0.3) is 5.92 Å². The van der Waals surface area contributed by atoms with Gasteiger partial charge < -0.3 is 9.42 Å². The zero-order chi connectivity index (χ0) is 20.8. The summed E-state index contributed by atoms with van der Waals surface area (Å²) in [5, 5.41) is 13.4. The number of hydrogen-bond acceptors (Lipinski definition) is 6. The largest absolute Gasteiger partial charge is 0.368 e. The molecule has 0 spiro atoms. The number of alkyl halides is 2. The van der Waals surface area contributed by atoms with Gasteiger partial charge in [0.2, 0.25) is 5.89 Å². The lowest BCUT2D eigenvalue weighted by Crippen LogP contribution is -2.51. The van der Waals surface area contributed by atoms with Gasteiger partial charge in [0, 0.05) is 44.9 Å². The van der Waals surface area contributed by atoms with Crippen LogP contribution >= 0.6 is 0 Å². The fourth-order valence-corrected chi connectivity index (χ4v) is 3.94. The van der Waals surface area contributed by atoms with Gasteiger partial charge in [-0.15, -0.1) is 0 Å². The second-order valence-electron chi connectivity index (χ2n) is 7.94. The topological polar surface area (TPSA) is 69.2 Å². The number of benzene rings is 1. The third-order valence-electron chi connectivity index (χ3n) is 5.70. The van der Waals surface area contributed by atoms with Gasteiger partial charge in [-0.1, -0.05) is 5.16 Å². The number of aromatic nitrogens is 2. The standard InChI is InChI=1S/C20H22F3N5O/c1-12-10-28(4-3-27(12)11-19-25-13(2)29-26-19)18-7-14(5-15-8-20(15,22)23)6-17(21)16(18)9-24/h6-7,12,15H,3-5,8,10-11H2,1-2H3/t12-,15?/m0/s1. The third kappa shape index (κ3) is 4.08. The van der Waals surface area contributed by atoms with Crippen LogP contribution in [0.15, 0.2) is 16.7 Å². The van der Waals surface area contributed by atoms with E-state index in [2.05, 4.69) is 15.0 Å². The van der Waals surface area contributed by atoms with E-state index >= 15 is 0 Å². The Balaban J connectivity index is 1.50. The molecule has 1 aliphatic heterocycles. The van der Waals surface area contributed by atoms with Gasteiger partial charge in [-0.2, -0.15) is 10.2 Å². The highest BCUT2D eigenvalue weighted by molar-refractivity contribution is 5.62. The first-order valence-electron chi connectivity index (χ1n) is 9.65. The zero-order valence-corrected chi connectivity index (χ0v) is 16.3. The van der Waals surface area contributed by atoms with Gasteiger partial charge in [0.1, 0.15) is 17.4 Å². The molecule has 0 N–H and O–H groups in total. The molecule has 0 bridgehead atoms. The van der Waals surface area contributed by atoms with E-state index < -0.39 is 17.7 Å². The van der Waals surface area contributed by atoms with E-state index in [-0.39, 0.29) is 24.4 Å². The van der Waals surface area contributed by atoms with E-state index in [1.807, 2.05) is 17.9 Å². The summed E-state index contributed by atoms with van der Waals surface area (Å²) < 4.78 is 46.1. The number of aryl methyl sites for hydroxylation is 1. The molecule has 154 valence electrons. The Hall–Kier alpha value is -2.60. The maximum atomic E-state index is 14.5. The molecule has 4 rings (SSSR count). The summed E-state index contributed by atoms with van der Waals surface area (Å²) in [5.74, 6) is -2.92. The number of anilines is 1. The van der Waals surface area contributed by atoms with Crippen molar-refractivity contribution in [1.82, 2.24) is 15.0 Å². The van der Waals surface area contributed by atoms with E-state index in [0.717, 1.165) is 0 Å². The molecule has 1 unspecified atom stereocenters. The monoisotopic (exact) mass is 405 g/mol. The van der Waals surface area contributed by atoms with E-state index in [4.69, 9.17) is 4.52 Å². The van der Waals surface area contributed by atoms with Crippen LogP contribution in [0.1, 0.15) is 36.2 Å². The fourth-order valence-electron chi connectivity index (χ4n) is 3.94. The molecular formula is C20H22F3N5O. The van der Waals surface area contributed by atoms with E-state index in [1.165, 1.54) is 6.07 Å². The van der Waals surface area contributed by atoms with Crippen LogP contribution in [-0.4, -0.2) is 46.6 Å². The molecular weight excluding hydrogens is 383 g/mol. The second kappa shape index (κ2) is 7.34. The summed E-state index contributed by atoms with van der Waals surface area (Å²) in [7, 11) is 0. The molecule has 2 heterocycles. The van der Waals surface area contributed by atoms with Crippen molar-refractivity contribution in [2.45, 2.75) is 45.2 Å². The van der Waals surface area contributed by atoms with Crippen molar-refractivity contribution >= 4 is 5.69 Å². The highest BCUT2D eigenvalue weighted by atomic mass is 19.3. The van der Waals surface area contributed by atoms with E-state index in [0.29, 0.717) is 49.1 Å². The summed E-state index contributed by atoms with van der Waals surface area (Å²) in [6, 6.07) is 4.95. The molecule has 29 heavy (non-hydrogen) atoms. The SMILES string of the molecule is Cc1nc(CN2CCN(c3cc(CC4CC4(F)F)cc(F)c3C#N)C[C@@H]2C)no1. The first-order chi connectivity index (χ1) is 13.8. The zero-order valence-electron chi connectivity index (χ0n) is 16.3. The van der Waals surface area contributed by atoms with Crippen LogP contribution in [0.4, 0.5) is 18.9 Å². The van der Waals surface area contributed by atoms with Crippen molar-refractivity contribution < 1.29 is 17.7 Å². The molecule has 0 amide bonds. The molecule has 1 saturated carbocycles. The Bertz CT molecular complexity index is 954. The van der Waals surface area contributed by atoms with Crippen molar-refractivity contribution in [3.63, 3.8) is 0 Å². The van der Waals surface area contributed by atoms with Crippen LogP contribution < -0.4 is 4.90 Å². The minimum atomic E-state index is -2.65. The molecule has 1 aromatic heterocycles. The van der Waals surface area contributed by atoms with Crippen LogP contribution in [0.2, 0.25) is 0 Å². The number of nitrogens with zero attached hydrogens (tertiary/aromatic N) is 5. The van der Waals surface area contributed by atoms with Crippen molar-refractivity contribution in [2.24, 2.45) is 5.92 Å². The van der Waals surface area contributed by atoms with Crippen molar-refractivity contribution in [2.75, 3.05) is 24.5 Å². The van der Waals surface area contributed by atoms with Crippen molar-refractivity contribution in [3.8, 4) is 6.07 Å². The molecule has 6 nitrogen and oxygen atoms in total. The number of halogens is 3. The van der Waals surface area contributed by atoms with Crippen LogP contribution in [0.25, 0.3) is 0 Å². The fraction of sp³-hybridized carbons (Fsp3) is 0.550. The van der Waals surface area contributed by atoms with E-state index in [1.54, 1.807) is 13.0 Å². The number of piperazine rings is 1. The van der Waals surface area contributed by atoms with Crippen LogP contribution in [0.3, 0.4) is 0 Å². The van der Waals surface area contributed by atoms with Gasteiger partial charge in [-0.3, -0.25) is 4.90 Å². The molecule has 0 radical (unpaired) electrons. The summed E-state index contributed by atoms with van der Waals surface area (Å²) in [5.41, 5.74) is 0.954. The first kappa shape index (κ1) is 19.7. The summed E-state index contributed by atoms with van der Waals surface area (Å²) in [4.78, 5) is 8.37. The lowest BCUT2D eigenvalue weighted by atomic mass is 10.0.